The highest BCUT2D eigenvalue weighted by Crippen LogP contribution is 2.28. The molecule has 0 atom stereocenters. The molecule has 3 rings (SSSR count). The van der Waals surface area contributed by atoms with Crippen LogP contribution in [0.5, 0.6) is 0 Å². The van der Waals surface area contributed by atoms with Crippen molar-refractivity contribution < 1.29 is 9.59 Å². The van der Waals surface area contributed by atoms with E-state index in [0.717, 1.165) is 36.2 Å². The van der Waals surface area contributed by atoms with Crippen molar-refractivity contribution in [3.63, 3.8) is 0 Å². The summed E-state index contributed by atoms with van der Waals surface area (Å²) < 4.78 is 0. The molecule has 0 aliphatic heterocycles. The minimum Gasteiger partial charge on any atom is -0.346 e. The second-order valence-corrected chi connectivity index (χ2v) is 8.60. The van der Waals surface area contributed by atoms with E-state index in [1.165, 1.54) is 11.1 Å². The summed E-state index contributed by atoms with van der Waals surface area (Å²) in [5.41, 5.74) is 5.49. The van der Waals surface area contributed by atoms with Crippen molar-refractivity contribution in [2.24, 2.45) is 0 Å². The standard InChI is InChI=1S/C25H33N3O2/c1-17(2)21-10-8-20(9-11-21)15-28(22-12-13-22)16-25(30)26-14-24(29)27-23-7-5-6-18(3)19(23)4/h5-11,17,22H,12-16H2,1-4H3,(H,26,30)(H,27,29). The van der Waals surface area contributed by atoms with E-state index >= 15 is 0 Å². The lowest BCUT2D eigenvalue weighted by Crippen LogP contribution is -2.41. The molecule has 0 unspecified atom stereocenters. The van der Waals surface area contributed by atoms with Crippen LogP contribution in [-0.2, 0) is 16.1 Å². The number of amides is 2. The van der Waals surface area contributed by atoms with Gasteiger partial charge >= 0.3 is 0 Å². The summed E-state index contributed by atoms with van der Waals surface area (Å²) in [5, 5.41) is 5.65. The predicted octanol–water partition coefficient (Wildman–Crippen LogP) is 4.15. The average Bonchev–Trinajstić information content (AvgIpc) is 3.55. The van der Waals surface area contributed by atoms with Gasteiger partial charge in [-0.05, 0) is 60.9 Å². The van der Waals surface area contributed by atoms with Gasteiger partial charge in [0.2, 0.25) is 11.8 Å². The zero-order valence-corrected chi connectivity index (χ0v) is 18.5. The van der Waals surface area contributed by atoms with Crippen LogP contribution in [0.2, 0.25) is 0 Å². The fraction of sp³-hybridized carbons (Fsp3) is 0.440. The summed E-state index contributed by atoms with van der Waals surface area (Å²) in [5.74, 6) is 0.190. The smallest absolute Gasteiger partial charge is 0.243 e. The Hall–Kier alpha value is -2.66. The van der Waals surface area contributed by atoms with Crippen LogP contribution in [0.4, 0.5) is 5.69 Å². The topological polar surface area (TPSA) is 61.4 Å². The van der Waals surface area contributed by atoms with Gasteiger partial charge in [-0.25, -0.2) is 0 Å². The molecule has 5 heteroatoms. The van der Waals surface area contributed by atoms with Gasteiger partial charge in [0.05, 0.1) is 13.1 Å². The van der Waals surface area contributed by atoms with Crippen LogP contribution < -0.4 is 10.6 Å². The van der Waals surface area contributed by atoms with Crippen LogP contribution in [0.1, 0.15) is 54.9 Å². The molecule has 2 amide bonds. The maximum Gasteiger partial charge on any atom is 0.243 e. The number of carbonyl (C=O) groups is 2. The second-order valence-electron chi connectivity index (χ2n) is 8.60. The largest absolute Gasteiger partial charge is 0.346 e. The molecule has 2 N–H and O–H groups in total. The van der Waals surface area contributed by atoms with Crippen molar-refractivity contribution in [2.45, 2.75) is 59.0 Å². The molecule has 2 aromatic carbocycles. The average molecular weight is 408 g/mol. The Morgan fingerprint density at radius 2 is 1.73 bits per heavy atom. The van der Waals surface area contributed by atoms with Crippen molar-refractivity contribution in [3.05, 3.63) is 64.7 Å². The lowest BCUT2D eigenvalue weighted by atomic mass is 10.0. The molecule has 2 aromatic rings. The van der Waals surface area contributed by atoms with Gasteiger partial charge < -0.3 is 10.6 Å². The first-order valence-corrected chi connectivity index (χ1v) is 10.8. The highest BCUT2D eigenvalue weighted by atomic mass is 16.2. The molecular formula is C25H33N3O2. The van der Waals surface area contributed by atoms with Gasteiger partial charge in [-0.3, -0.25) is 14.5 Å². The van der Waals surface area contributed by atoms with E-state index < -0.39 is 0 Å². The Kier molecular flexibility index (Phi) is 7.27. The molecule has 0 aromatic heterocycles. The molecule has 1 aliphatic carbocycles. The number of benzene rings is 2. The first-order valence-electron chi connectivity index (χ1n) is 10.8. The number of hydrogen-bond acceptors (Lipinski definition) is 3. The highest BCUT2D eigenvalue weighted by molar-refractivity contribution is 5.95. The van der Waals surface area contributed by atoms with E-state index in [1.807, 2.05) is 32.0 Å². The lowest BCUT2D eigenvalue weighted by Gasteiger charge is -2.22. The number of aryl methyl sites for hydroxylation is 1. The van der Waals surface area contributed by atoms with Gasteiger partial charge in [-0.2, -0.15) is 0 Å². The molecule has 0 bridgehead atoms. The molecule has 1 aliphatic rings. The Morgan fingerprint density at radius 3 is 2.37 bits per heavy atom. The second kappa shape index (κ2) is 9.90. The van der Waals surface area contributed by atoms with Crippen molar-refractivity contribution in [3.8, 4) is 0 Å². The molecule has 0 saturated heterocycles. The van der Waals surface area contributed by atoms with E-state index in [9.17, 15) is 9.59 Å². The molecule has 30 heavy (non-hydrogen) atoms. The number of nitrogens with zero attached hydrogens (tertiary/aromatic N) is 1. The summed E-state index contributed by atoms with van der Waals surface area (Å²) in [6.07, 6.45) is 2.26. The highest BCUT2D eigenvalue weighted by Gasteiger charge is 2.30. The summed E-state index contributed by atoms with van der Waals surface area (Å²) in [6.45, 7) is 9.41. The van der Waals surface area contributed by atoms with Gasteiger partial charge in [0.25, 0.3) is 0 Å². The zero-order chi connectivity index (χ0) is 21.7. The van der Waals surface area contributed by atoms with Crippen LogP contribution in [0.15, 0.2) is 42.5 Å². The molecule has 5 nitrogen and oxygen atoms in total. The van der Waals surface area contributed by atoms with E-state index in [1.54, 1.807) is 0 Å². The SMILES string of the molecule is Cc1cccc(NC(=O)CNC(=O)CN(Cc2ccc(C(C)C)cc2)C2CC2)c1C. The van der Waals surface area contributed by atoms with Gasteiger partial charge in [0, 0.05) is 18.3 Å². The van der Waals surface area contributed by atoms with Crippen LogP contribution >= 0.6 is 0 Å². The minimum atomic E-state index is -0.209. The van der Waals surface area contributed by atoms with E-state index in [2.05, 4.69) is 53.6 Å². The monoisotopic (exact) mass is 407 g/mol. The fourth-order valence-electron chi connectivity index (χ4n) is 3.50. The minimum absolute atomic E-state index is 0.0200. The molecular weight excluding hydrogens is 374 g/mol. The Balaban J connectivity index is 1.49. The number of carbonyl (C=O) groups excluding carboxylic acids is 2. The van der Waals surface area contributed by atoms with Crippen molar-refractivity contribution in [1.82, 2.24) is 10.2 Å². The summed E-state index contributed by atoms with van der Waals surface area (Å²) >= 11 is 0. The Morgan fingerprint density at radius 1 is 1.03 bits per heavy atom. The lowest BCUT2D eigenvalue weighted by molar-refractivity contribution is -0.125. The van der Waals surface area contributed by atoms with Crippen molar-refractivity contribution >= 4 is 17.5 Å². The summed E-state index contributed by atoms with van der Waals surface area (Å²) in [6, 6.07) is 14.9. The van der Waals surface area contributed by atoms with Crippen LogP contribution in [0.25, 0.3) is 0 Å². The van der Waals surface area contributed by atoms with Gasteiger partial charge in [-0.15, -0.1) is 0 Å². The van der Waals surface area contributed by atoms with Crippen molar-refractivity contribution in [2.75, 3.05) is 18.4 Å². The van der Waals surface area contributed by atoms with Crippen LogP contribution in [-0.4, -0.2) is 35.8 Å². The van der Waals surface area contributed by atoms with Crippen LogP contribution in [0.3, 0.4) is 0 Å². The molecule has 0 spiro atoms. The molecule has 0 heterocycles. The maximum absolute atomic E-state index is 12.5. The van der Waals surface area contributed by atoms with E-state index in [0.29, 0.717) is 18.5 Å². The zero-order valence-electron chi connectivity index (χ0n) is 18.5. The number of hydrogen-bond donors (Lipinski definition) is 2. The van der Waals surface area contributed by atoms with Gasteiger partial charge in [-0.1, -0.05) is 50.2 Å². The molecule has 1 fully saturated rings. The third kappa shape index (κ3) is 6.17. The first kappa shape index (κ1) is 22.0. The normalized spacial score (nSPS) is 13.5. The molecule has 0 radical (unpaired) electrons. The third-order valence-electron chi connectivity index (χ3n) is 5.77. The van der Waals surface area contributed by atoms with Gasteiger partial charge in [0.1, 0.15) is 0 Å². The predicted molar refractivity (Wildman–Crippen MR) is 122 cm³/mol. The van der Waals surface area contributed by atoms with Crippen molar-refractivity contribution in [1.29, 1.82) is 0 Å². The van der Waals surface area contributed by atoms with Crippen LogP contribution in [0, 0.1) is 13.8 Å². The van der Waals surface area contributed by atoms with Gasteiger partial charge in [0.15, 0.2) is 0 Å². The number of rotatable bonds is 9. The number of anilines is 1. The number of nitrogens with one attached hydrogen (secondary N) is 2. The third-order valence-corrected chi connectivity index (χ3v) is 5.77. The molecule has 160 valence electrons. The van der Waals surface area contributed by atoms with E-state index in [-0.39, 0.29) is 18.4 Å². The van der Waals surface area contributed by atoms with E-state index in [4.69, 9.17) is 0 Å². The fourth-order valence-corrected chi connectivity index (χ4v) is 3.50. The Bertz CT molecular complexity index is 886. The summed E-state index contributed by atoms with van der Waals surface area (Å²) in [7, 11) is 0. The molecule has 1 saturated carbocycles. The maximum atomic E-state index is 12.5. The summed E-state index contributed by atoms with van der Waals surface area (Å²) in [4.78, 5) is 26.9. The quantitative estimate of drug-likeness (QED) is 0.657. The first-order chi connectivity index (χ1) is 14.3. The Labute approximate surface area is 179 Å².